The summed E-state index contributed by atoms with van der Waals surface area (Å²) in [6.45, 7) is 1.86. The van der Waals surface area contributed by atoms with Crippen molar-refractivity contribution in [3.8, 4) is 0 Å². The number of ether oxygens (including phenoxy) is 2. The first-order valence-electron chi connectivity index (χ1n) is 8.45. The summed E-state index contributed by atoms with van der Waals surface area (Å²) in [5.41, 5.74) is -0.734. The Hall–Kier alpha value is -1.73. The van der Waals surface area contributed by atoms with Gasteiger partial charge in [0.25, 0.3) is 0 Å². The second-order valence-corrected chi connectivity index (χ2v) is 6.55. The fourth-order valence-corrected chi connectivity index (χ4v) is 3.01. The summed E-state index contributed by atoms with van der Waals surface area (Å²) in [6.07, 6.45) is 0.678. The number of aliphatic hydroxyl groups is 1. The molecule has 0 bridgehead atoms. The molecule has 0 radical (unpaired) electrons. The minimum Gasteiger partial charge on any atom is -0.457 e. The van der Waals surface area contributed by atoms with Crippen molar-refractivity contribution in [2.24, 2.45) is 0 Å². The second-order valence-electron chi connectivity index (χ2n) is 6.55. The molecule has 1 fully saturated rings. The fraction of sp³-hybridized carbons (Fsp3) is 0.474. The molecular weight excluding hydrogens is 325 g/mol. The van der Waals surface area contributed by atoms with Crippen molar-refractivity contribution in [2.45, 2.75) is 24.7 Å². The summed E-state index contributed by atoms with van der Waals surface area (Å²) in [4.78, 5) is 2.05. The Morgan fingerprint density at radius 3 is 2.44 bits per heavy atom. The Morgan fingerprint density at radius 1 is 1.12 bits per heavy atom. The van der Waals surface area contributed by atoms with Gasteiger partial charge in [0.1, 0.15) is 17.2 Å². The van der Waals surface area contributed by atoms with Crippen molar-refractivity contribution < 1.29 is 23.4 Å². The third-order valence-corrected chi connectivity index (χ3v) is 4.35. The standard InChI is InChI=1S/C19H24FNO4/c1-21(2)11-3-10-19(22,14-4-6-15(20)7-5-14)17-9-8-16(25-17)18-23-12-13-24-18/h4-9,18,22H,3,10-13H2,1-2H3/t19-/m0/s1. The van der Waals surface area contributed by atoms with Crippen LogP contribution in [0.4, 0.5) is 4.39 Å². The first-order valence-corrected chi connectivity index (χ1v) is 8.45. The van der Waals surface area contributed by atoms with Crippen LogP contribution in [0.3, 0.4) is 0 Å². The van der Waals surface area contributed by atoms with Gasteiger partial charge in [-0.2, -0.15) is 0 Å². The van der Waals surface area contributed by atoms with Crippen molar-refractivity contribution in [1.82, 2.24) is 4.90 Å². The van der Waals surface area contributed by atoms with E-state index in [2.05, 4.69) is 4.90 Å². The molecule has 1 N–H and O–H groups in total. The zero-order valence-corrected chi connectivity index (χ0v) is 14.6. The molecule has 1 aliphatic rings. The minimum absolute atomic E-state index is 0.340. The van der Waals surface area contributed by atoms with Crippen molar-refractivity contribution in [1.29, 1.82) is 0 Å². The minimum atomic E-state index is -1.33. The van der Waals surface area contributed by atoms with Crippen LogP contribution >= 0.6 is 0 Å². The summed E-state index contributed by atoms with van der Waals surface area (Å²) >= 11 is 0. The first kappa shape index (κ1) is 18.1. The molecule has 0 spiro atoms. The fourth-order valence-electron chi connectivity index (χ4n) is 3.01. The largest absolute Gasteiger partial charge is 0.457 e. The van der Waals surface area contributed by atoms with Gasteiger partial charge in [0.05, 0.1) is 13.2 Å². The zero-order valence-electron chi connectivity index (χ0n) is 14.6. The van der Waals surface area contributed by atoms with E-state index in [0.717, 1.165) is 13.0 Å². The number of hydrogen-bond donors (Lipinski definition) is 1. The smallest absolute Gasteiger partial charge is 0.217 e. The van der Waals surface area contributed by atoms with Crippen molar-refractivity contribution in [2.75, 3.05) is 33.9 Å². The third-order valence-electron chi connectivity index (χ3n) is 4.35. The Labute approximate surface area is 147 Å². The maximum Gasteiger partial charge on any atom is 0.217 e. The number of hydrogen-bond acceptors (Lipinski definition) is 5. The van der Waals surface area contributed by atoms with Gasteiger partial charge in [-0.15, -0.1) is 0 Å². The van der Waals surface area contributed by atoms with E-state index < -0.39 is 11.9 Å². The van der Waals surface area contributed by atoms with Gasteiger partial charge in [-0.3, -0.25) is 0 Å². The highest BCUT2D eigenvalue weighted by Gasteiger charge is 2.36. The molecule has 1 aromatic heterocycles. The Kier molecular flexibility index (Phi) is 5.54. The van der Waals surface area contributed by atoms with E-state index in [1.807, 2.05) is 14.1 Å². The average Bonchev–Trinajstić information content (AvgIpc) is 3.26. The van der Waals surface area contributed by atoms with Gasteiger partial charge in [-0.25, -0.2) is 4.39 Å². The Morgan fingerprint density at radius 2 is 1.80 bits per heavy atom. The Balaban J connectivity index is 1.88. The number of furan rings is 1. The summed E-state index contributed by atoms with van der Waals surface area (Å²) in [6, 6.07) is 9.37. The van der Waals surface area contributed by atoms with Gasteiger partial charge in [0.15, 0.2) is 5.76 Å². The molecule has 6 heteroatoms. The van der Waals surface area contributed by atoms with Crippen molar-refractivity contribution in [3.63, 3.8) is 0 Å². The molecule has 1 aliphatic heterocycles. The molecule has 0 unspecified atom stereocenters. The average molecular weight is 349 g/mol. The molecule has 0 aliphatic carbocycles. The van der Waals surface area contributed by atoms with Gasteiger partial charge in [0, 0.05) is 0 Å². The summed E-state index contributed by atoms with van der Waals surface area (Å²) in [7, 11) is 3.97. The van der Waals surface area contributed by atoms with E-state index in [9.17, 15) is 9.50 Å². The highest BCUT2D eigenvalue weighted by molar-refractivity contribution is 5.32. The summed E-state index contributed by atoms with van der Waals surface area (Å²) in [5, 5.41) is 11.4. The topological polar surface area (TPSA) is 55.1 Å². The number of benzene rings is 1. The van der Waals surface area contributed by atoms with Crippen LogP contribution in [-0.2, 0) is 15.1 Å². The summed E-state index contributed by atoms with van der Waals surface area (Å²) < 4.78 is 30.1. The lowest BCUT2D eigenvalue weighted by Gasteiger charge is -2.27. The molecule has 5 nitrogen and oxygen atoms in total. The molecule has 136 valence electrons. The molecule has 2 aromatic rings. The number of rotatable bonds is 7. The lowest BCUT2D eigenvalue weighted by atomic mass is 9.86. The van der Waals surface area contributed by atoms with E-state index in [4.69, 9.17) is 13.9 Å². The number of nitrogens with zero attached hydrogens (tertiary/aromatic N) is 1. The van der Waals surface area contributed by atoms with E-state index in [0.29, 0.717) is 36.7 Å². The van der Waals surface area contributed by atoms with Gasteiger partial charge < -0.3 is 23.9 Å². The maximum atomic E-state index is 13.3. The van der Waals surface area contributed by atoms with Crippen LogP contribution in [0, 0.1) is 5.82 Å². The lowest BCUT2D eigenvalue weighted by Crippen LogP contribution is -2.28. The summed E-state index contributed by atoms with van der Waals surface area (Å²) in [5.74, 6) is 0.597. The van der Waals surface area contributed by atoms with Crippen LogP contribution in [0.1, 0.15) is 36.2 Å². The SMILES string of the molecule is CN(C)CCC[C@](O)(c1ccc(F)cc1)c1ccc(C2OCCO2)o1. The van der Waals surface area contributed by atoms with Crippen LogP contribution in [0.5, 0.6) is 0 Å². The van der Waals surface area contributed by atoms with Crippen LogP contribution in [0.15, 0.2) is 40.8 Å². The molecule has 1 aromatic carbocycles. The van der Waals surface area contributed by atoms with E-state index in [1.54, 1.807) is 24.3 Å². The predicted molar refractivity (Wildman–Crippen MR) is 90.5 cm³/mol. The van der Waals surface area contributed by atoms with Crippen LogP contribution in [0.25, 0.3) is 0 Å². The maximum absolute atomic E-state index is 13.3. The van der Waals surface area contributed by atoms with Gasteiger partial charge in [0.2, 0.25) is 6.29 Å². The van der Waals surface area contributed by atoms with Crippen LogP contribution in [-0.4, -0.2) is 43.9 Å². The van der Waals surface area contributed by atoms with E-state index in [1.165, 1.54) is 12.1 Å². The van der Waals surface area contributed by atoms with Crippen LogP contribution in [0.2, 0.25) is 0 Å². The quantitative estimate of drug-likeness (QED) is 0.833. The van der Waals surface area contributed by atoms with Gasteiger partial charge >= 0.3 is 0 Å². The second kappa shape index (κ2) is 7.66. The van der Waals surface area contributed by atoms with Crippen molar-refractivity contribution in [3.05, 3.63) is 59.3 Å². The predicted octanol–water partition coefficient (Wildman–Crippen LogP) is 3.04. The molecular formula is C19H24FNO4. The zero-order chi connectivity index (χ0) is 17.9. The van der Waals surface area contributed by atoms with Gasteiger partial charge in [-0.1, -0.05) is 12.1 Å². The first-order chi connectivity index (χ1) is 12.0. The lowest BCUT2D eigenvalue weighted by molar-refractivity contribution is -0.0623. The normalized spacial score (nSPS) is 18.0. The highest BCUT2D eigenvalue weighted by Crippen LogP contribution is 2.37. The van der Waals surface area contributed by atoms with E-state index in [-0.39, 0.29) is 5.82 Å². The molecule has 0 amide bonds. The molecule has 2 heterocycles. The third kappa shape index (κ3) is 4.10. The molecule has 25 heavy (non-hydrogen) atoms. The van der Waals surface area contributed by atoms with E-state index >= 15 is 0 Å². The monoisotopic (exact) mass is 349 g/mol. The molecule has 3 rings (SSSR count). The molecule has 1 saturated heterocycles. The highest BCUT2D eigenvalue weighted by atomic mass is 19.1. The van der Waals surface area contributed by atoms with Crippen LogP contribution < -0.4 is 0 Å². The molecule has 0 saturated carbocycles. The van der Waals surface area contributed by atoms with Gasteiger partial charge in [-0.05, 0) is 63.3 Å². The Bertz CT molecular complexity index is 679. The van der Waals surface area contributed by atoms with Crippen molar-refractivity contribution >= 4 is 0 Å². The molecule has 1 atom stereocenters. The number of halogens is 1.